The summed E-state index contributed by atoms with van der Waals surface area (Å²) in [4.78, 5) is 0. The first-order chi connectivity index (χ1) is 1.41. The van der Waals surface area contributed by atoms with Crippen molar-refractivity contribution in [2.45, 2.75) is 0 Å². The minimum atomic E-state index is 0. The predicted molar refractivity (Wildman–Crippen MR) is 23.8 cm³/mol. The molecule has 2 heteroatoms. The summed E-state index contributed by atoms with van der Waals surface area (Å²) in [6.07, 6.45) is 0. The Bertz CT molecular complexity index is 6.00. The van der Waals surface area contributed by atoms with E-state index in [1.54, 1.807) is 0 Å². The summed E-state index contributed by atoms with van der Waals surface area (Å²) in [5.74, 6) is 0. The van der Waals surface area contributed by atoms with Crippen molar-refractivity contribution in [1.82, 2.24) is 0 Å². The van der Waals surface area contributed by atoms with Crippen molar-refractivity contribution in [3.8, 4) is 0 Å². The molecule has 28 valence electrons. The fourth-order valence-corrected chi connectivity index (χ4v) is 0. The van der Waals surface area contributed by atoms with Crippen molar-refractivity contribution < 1.29 is 5.48 Å². The van der Waals surface area contributed by atoms with Gasteiger partial charge in [0.2, 0.25) is 0 Å². The fraction of sp³-hybridized carbons (Fsp3) is 1.00. The maximum absolute atomic E-state index is 2.15. The van der Waals surface area contributed by atoms with E-state index in [0.717, 1.165) is 8.58 Å². The average molecular weight is 80.1 g/mol. The molecule has 0 rings (SSSR count). The lowest BCUT2D eigenvalue weighted by atomic mass is 11.9. The van der Waals surface area contributed by atoms with Gasteiger partial charge in [0.05, 0.1) is 0 Å². The first-order valence-corrected chi connectivity index (χ1v) is 3.00. The van der Waals surface area contributed by atoms with E-state index in [0.29, 0.717) is 0 Å². The van der Waals surface area contributed by atoms with Crippen molar-refractivity contribution in [2.75, 3.05) is 13.3 Å². The lowest BCUT2D eigenvalue weighted by Crippen LogP contribution is -1.18. The van der Waals surface area contributed by atoms with Gasteiger partial charge in [-0.1, -0.05) is 0 Å². The van der Waals surface area contributed by atoms with E-state index in [2.05, 4.69) is 13.3 Å². The largest absolute Gasteiger partial charge is 0.412 e. The predicted octanol–water partition coefficient (Wildman–Crippen LogP) is 0.0998. The van der Waals surface area contributed by atoms with Crippen molar-refractivity contribution in [1.29, 1.82) is 0 Å². The van der Waals surface area contributed by atoms with Crippen LogP contribution in [0.5, 0.6) is 0 Å². The van der Waals surface area contributed by atoms with Crippen LogP contribution < -0.4 is 0 Å². The molecule has 0 aromatic rings. The summed E-state index contributed by atoms with van der Waals surface area (Å²) in [6, 6.07) is 0. The van der Waals surface area contributed by atoms with Gasteiger partial charge in [0.15, 0.2) is 0 Å². The lowest BCUT2D eigenvalue weighted by molar-refractivity contribution is 0.824. The minimum absolute atomic E-state index is 0. The number of hydrogen-bond donors (Lipinski definition) is 0. The number of hydrogen-bond acceptors (Lipinski definition) is 0. The molecular weight excluding hydrogens is 71.0 g/mol. The van der Waals surface area contributed by atoms with Gasteiger partial charge in [-0.05, 0) is 13.3 Å². The zero-order valence-electron chi connectivity index (χ0n) is 3.00. The molecule has 0 aromatic carbocycles. The fourth-order valence-electron chi connectivity index (χ4n) is 0. The normalized spacial score (nSPS) is 4.50. The Hall–Kier alpha value is 0.390. The van der Waals surface area contributed by atoms with Crippen molar-refractivity contribution >= 4 is 8.58 Å². The maximum atomic E-state index is 2.15. The van der Waals surface area contributed by atoms with Crippen molar-refractivity contribution in [3.63, 3.8) is 0 Å². The first kappa shape index (κ1) is 8.83. The van der Waals surface area contributed by atoms with E-state index in [4.69, 9.17) is 0 Å². The van der Waals surface area contributed by atoms with E-state index < -0.39 is 0 Å². The van der Waals surface area contributed by atoms with Crippen molar-refractivity contribution in [3.05, 3.63) is 0 Å². The van der Waals surface area contributed by atoms with Gasteiger partial charge in [0.25, 0.3) is 0 Å². The zero-order chi connectivity index (χ0) is 2.71. The van der Waals surface area contributed by atoms with Gasteiger partial charge in [-0.2, -0.15) is 0 Å². The summed E-state index contributed by atoms with van der Waals surface area (Å²) >= 11 is 0. The minimum Gasteiger partial charge on any atom is -0.412 e. The first-order valence-electron chi connectivity index (χ1n) is 1.00. The van der Waals surface area contributed by atoms with Gasteiger partial charge in [0.1, 0.15) is 0 Å². The van der Waals surface area contributed by atoms with Gasteiger partial charge < -0.3 is 5.48 Å². The van der Waals surface area contributed by atoms with Crippen LogP contribution in [0.4, 0.5) is 0 Å². The molecule has 0 radical (unpaired) electrons. The Kier molecular flexibility index (Phi) is 22.1. The Morgan fingerprint density at radius 1 is 1.25 bits per heavy atom. The topological polar surface area (TPSA) is 31.5 Å². The summed E-state index contributed by atoms with van der Waals surface area (Å²) in [5, 5.41) is 0. The quantitative estimate of drug-likeness (QED) is 0.369. The molecule has 0 aromatic heterocycles. The van der Waals surface area contributed by atoms with E-state index in [1.807, 2.05) is 0 Å². The molecule has 0 aliphatic carbocycles. The molecule has 0 fully saturated rings. The smallest absolute Gasteiger partial charge is 0.0475 e. The van der Waals surface area contributed by atoms with Crippen LogP contribution in [0, 0.1) is 0 Å². The molecule has 2 N–H and O–H groups in total. The standard InChI is InChI=1S/C2H7P.H2O/c1-3-2;/h3H,1-2H3;1H2. The van der Waals surface area contributed by atoms with Crippen LogP contribution in [0.3, 0.4) is 0 Å². The van der Waals surface area contributed by atoms with Gasteiger partial charge >= 0.3 is 0 Å². The second-order valence-corrected chi connectivity index (χ2v) is 1.50. The van der Waals surface area contributed by atoms with E-state index in [9.17, 15) is 0 Å². The highest BCUT2D eigenvalue weighted by Gasteiger charge is 1.33. The summed E-state index contributed by atoms with van der Waals surface area (Å²) in [6.45, 7) is 4.31. The van der Waals surface area contributed by atoms with Gasteiger partial charge in [-0.3, -0.25) is 0 Å². The molecule has 0 unspecified atom stereocenters. The second kappa shape index (κ2) is 10.0. The highest BCUT2D eigenvalue weighted by Crippen LogP contribution is 1.84. The Balaban J connectivity index is 0. The average Bonchev–Trinajstić information content (AvgIpc) is 0.918. The molecular formula is C2H9OP. The van der Waals surface area contributed by atoms with Crippen LogP contribution in [-0.2, 0) is 0 Å². The van der Waals surface area contributed by atoms with Gasteiger partial charge in [-0.15, -0.1) is 8.58 Å². The third kappa shape index (κ3) is 30.4. The zero-order valence-corrected chi connectivity index (χ0v) is 4.00. The molecule has 0 spiro atoms. The van der Waals surface area contributed by atoms with Crippen LogP contribution in [0.1, 0.15) is 0 Å². The molecule has 0 amide bonds. The van der Waals surface area contributed by atoms with Gasteiger partial charge in [0, 0.05) is 0 Å². The monoisotopic (exact) mass is 80.0 g/mol. The summed E-state index contributed by atoms with van der Waals surface area (Å²) < 4.78 is 0. The van der Waals surface area contributed by atoms with Crippen LogP contribution in [-0.4, -0.2) is 18.8 Å². The summed E-state index contributed by atoms with van der Waals surface area (Å²) in [7, 11) is 1.08. The molecule has 0 saturated carbocycles. The van der Waals surface area contributed by atoms with E-state index in [-0.39, 0.29) is 5.48 Å². The third-order valence-electron chi connectivity index (χ3n) is 0. The number of rotatable bonds is 0. The van der Waals surface area contributed by atoms with Crippen molar-refractivity contribution in [2.24, 2.45) is 0 Å². The molecule has 1 nitrogen and oxygen atoms in total. The molecule has 4 heavy (non-hydrogen) atoms. The van der Waals surface area contributed by atoms with E-state index >= 15 is 0 Å². The lowest BCUT2D eigenvalue weighted by Gasteiger charge is -1.50. The van der Waals surface area contributed by atoms with Crippen LogP contribution in [0.2, 0.25) is 0 Å². The Labute approximate surface area is 28.5 Å². The van der Waals surface area contributed by atoms with Crippen LogP contribution >= 0.6 is 8.58 Å². The van der Waals surface area contributed by atoms with Gasteiger partial charge in [-0.25, -0.2) is 0 Å². The molecule has 0 aliphatic heterocycles. The SMILES string of the molecule is CPC.O. The highest BCUT2D eigenvalue weighted by molar-refractivity contribution is 7.35. The molecule has 0 saturated heterocycles. The molecule has 0 heterocycles. The molecule has 0 aliphatic rings. The second-order valence-electron chi connectivity index (χ2n) is 0.500. The van der Waals surface area contributed by atoms with E-state index in [1.165, 1.54) is 0 Å². The van der Waals surface area contributed by atoms with Crippen LogP contribution in [0.25, 0.3) is 0 Å². The molecule has 0 atom stereocenters. The Morgan fingerprint density at radius 3 is 1.25 bits per heavy atom. The third-order valence-corrected chi connectivity index (χ3v) is 0. The highest BCUT2D eigenvalue weighted by atomic mass is 31.1. The summed E-state index contributed by atoms with van der Waals surface area (Å²) in [5.41, 5.74) is 0. The maximum Gasteiger partial charge on any atom is -0.0475 e. The Morgan fingerprint density at radius 2 is 1.25 bits per heavy atom. The molecule has 0 bridgehead atoms. The van der Waals surface area contributed by atoms with Crippen LogP contribution in [0.15, 0.2) is 0 Å².